The van der Waals surface area contributed by atoms with Gasteiger partial charge in [0.05, 0.1) is 6.61 Å². The zero-order chi connectivity index (χ0) is 12.0. The van der Waals surface area contributed by atoms with Crippen molar-refractivity contribution in [2.24, 2.45) is 5.92 Å². The van der Waals surface area contributed by atoms with Gasteiger partial charge in [0.1, 0.15) is 0 Å². The number of carbonyl (C=O) groups is 2. The maximum Gasteiger partial charge on any atom is 0.302 e. The Kier molecular flexibility index (Phi) is 5.60. The summed E-state index contributed by atoms with van der Waals surface area (Å²) in [5.74, 6) is -0.475. The van der Waals surface area contributed by atoms with Gasteiger partial charge in [0.25, 0.3) is 0 Å². The Hall–Kier alpha value is -1.38. The van der Waals surface area contributed by atoms with Crippen LogP contribution in [0.1, 0.15) is 27.2 Å². The Morgan fingerprint density at radius 3 is 2.07 bits per heavy atom. The van der Waals surface area contributed by atoms with Crippen LogP contribution in [0.5, 0.6) is 0 Å². The predicted octanol–water partition coefficient (Wildman–Crippen LogP) is 2.28. The van der Waals surface area contributed by atoms with Crippen molar-refractivity contribution in [2.75, 3.05) is 6.61 Å². The van der Waals surface area contributed by atoms with Crippen LogP contribution in [0.15, 0.2) is 24.3 Å². The van der Waals surface area contributed by atoms with Gasteiger partial charge in [-0.1, -0.05) is 18.7 Å². The van der Waals surface area contributed by atoms with Crippen molar-refractivity contribution in [1.82, 2.24) is 0 Å². The molecule has 0 bridgehead atoms. The Labute approximate surface area is 90.8 Å². The molecule has 0 amide bonds. The average Bonchev–Trinajstić information content (AvgIpc) is 2.10. The Balaban J connectivity index is 4.28. The third kappa shape index (κ3) is 5.83. The minimum Gasteiger partial charge on any atom is -0.465 e. The van der Waals surface area contributed by atoms with Gasteiger partial charge in [-0.2, -0.15) is 0 Å². The molecule has 0 aliphatic rings. The summed E-state index contributed by atoms with van der Waals surface area (Å²) in [5.41, 5.74) is 1.36. The van der Waals surface area contributed by atoms with Gasteiger partial charge >= 0.3 is 5.97 Å². The number of hydrogen-bond donors (Lipinski definition) is 0. The van der Waals surface area contributed by atoms with Crippen LogP contribution in [0.25, 0.3) is 0 Å². The van der Waals surface area contributed by atoms with Crippen molar-refractivity contribution in [3.63, 3.8) is 0 Å². The van der Waals surface area contributed by atoms with E-state index < -0.39 is 0 Å². The molecule has 0 aliphatic heterocycles. The summed E-state index contributed by atoms with van der Waals surface area (Å²) in [6, 6.07) is 0. The van der Waals surface area contributed by atoms with E-state index in [1.165, 1.54) is 6.92 Å². The maximum absolute atomic E-state index is 11.4. The monoisotopic (exact) mass is 210 g/mol. The summed E-state index contributed by atoms with van der Waals surface area (Å²) in [6.45, 7) is 12.4. The molecule has 3 heteroatoms. The first-order valence-electron chi connectivity index (χ1n) is 4.82. The molecular weight excluding hydrogens is 192 g/mol. The second-order valence-electron chi connectivity index (χ2n) is 3.75. The van der Waals surface area contributed by atoms with E-state index in [9.17, 15) is 9.59 Å². The molecule has 3 nitrogen and oxygen atoms in total. The van der Waals surface area contributed by atoms with E-state index in [0.717, 1.165) is 5.57 Å². The van der Waals surface area contributed by atoms with Gasteiger partial charge in [0.15, 0.2) is 5.78 Å². The molecule has 0 rings (SSSR count). The first-order chi connectivity index (χ1) is 6.84. The zero-order valence-corrected chi connectivity index (χ0v) is 9.63. The molecule has 84 valence electrons. The van der Waals surface area contributed by atoms with Crippen molar-refractivity contribution in [1.29, 1.82) is 0 Å². The minimum atomic E-state index is -0.343. The van der Waals surface area contributed by atoms with Gasteiger partial charge in [-0.05, 0) is 19.4 Å². The largest absolute Gasteiger partial charge is 0.465 e. The normalized spacial score (nSPS) is 11.7. The van der Waals surface area contributed by atoms with Crippen LogP contribution >= 0.6 is 0 Å². The molecule has 0 saturated heterocycles. The molecule has 0 N–H and O–H groups in total. The Morgan fingerprint density at radius 2 is 1.73 bits per heavy atom. The van der Waals surface area contributed by atoms with Gasteiger partial charge in [-0.3, -0.25) is 9.59 Å². The number of rotatable bonds is 6. The highest BCUT2D eigenvalue weighted by Crippen LogP contribution is 2.16. The van der Waals surface area contributed by atoms with E-state index in [-0.39, 0.29) is 24.3 Å². The molecule has 15 heavy (non-hydrogen) atoms. The number of Topliss-reactive ketones (excluding diaryl/α,β-unsaturated/α-hetero) is 1. The molecule has 1 atom stereocenters. The van der Waals surface area contributed by atoms with Gasteiger partial charge in [-0.25, -0.2) is 0 Å². The van der Waals surface area contributed by atoms with Crippen LogP contribution in [-0.2, 0) is 14.3 Å². The van der Waals surface area contributed by atoms with E-state index in [0.29, 0.717) is 12.0 Å². The molecule has 0 aromatic carbocycles. The minimum absolute atomic E-state index is 0.0184. The number of carbonyl (C=O) groups excluding carboxylic acids is 2. The summed E-state index contributed by atoms with van der Waals surface area (Å²) < 4.78 is 4.86. The molecule has 0 heterocycles. The second kappa shape index (κ2) is 6.17. The van der Waals surface area contributed by atoms with Crippen LogP contribution in [-0.4, -0.2) is 18.4 Å². The second-order valence-corrected chi connectivity index (χ2v) is 3.75. The highest BCUT2D eigenvalue weighted by molar-refractivity contribution is 5.94. The summed E-state index contributed by atoms with van der Waals surface area (Å²) in [4.78, 5) is 22.1. The van der Waals surface area contributed by atoms with Gasteiger partial charge in [-0.15, -0.1) is 0 Å². The van der Waals surface area contributed by atoms with Crippen molar-refractivity contribution in [3.05, 3.63) is 24.3 Å². The van der Waals surface area contributed by atoms with Crippen molar-refractivity contribution in [3.8, 4) is 0 Å². The molecule has 0 aromatic heterocycles. The lowest BCUT2D eigenvalue weighted by Crippen LogP contribution is -2.17. The Bertz CT molecular complexity index is 289. The highest BCUT2D eigenvalue weighted by Gasteiger charge is 2.16. The third-order valence-electron chi connectivity index (χ3n) is 2.09. The fourth-order valence-corrected chi connectivity index (χ4v) is 0.991. The van der Waals surface area contributed by atoms with Crippen LogP contribution in [0.2, 0.25) is 0 Å². The van der Waals surface area contributed by atoms with E-state index in [1.807, 2.05) is 6.92 Å². The molecular formula is C12H18O3. The predicted molar refractivity (Wildman–Crippen MR) is 59.4 cm³/mol. The number of hydrogen-bond acceptors (Lipinski definition) is 3. The van der Waals surface area contributed by atoms with Gasteiger partial charge in [0.2, 0.25) is 0 Å². The van der Waals surface area contributed by atoms with E-state index in [2.05, 4.69) is 13.2 Å². The lowest BCUT2D eigenvalue weighted by atomic mass is 9.94. The van der Waals surface area contributed by atoms with Crippen LogP contribution in [0, 0.1) is 5.92 Å². The third-order valence-corrected chi connectivity index (χ3v) is 2.09. The molecule has 1 unspecified atom stereocenters. The lowest BCUT2D eigenvalue weighted by molar-refractivity contribution is -0.142. The van der Waals surface area contributed by atoms with E-state index in [1.54, 1.807) is 6.92 Å². The SMILES string of the molecule is C=C(C)C(=O)CC(COC(C)=O)C(=C)C. The van der Waals surface area contributed by atoms with Gasteiger partial charge < -0.3 is 4.74 Å². The highest BCUT2D eigenvalue weighted by atomic mass is 16.5. The van der Waals surface area contributed by atoms with Crippen molar-refractivity contribution in [2.45, 2.75) is 27.2 Å². The lowest BCUT2D eigenvalue weighted by Gasteiger charge is -2.15. The van der Waals surface area contributed by atoms with E-state index >= 15 is 0 Å². The van der Waals surface area contributed by atoms with E-state index in [4.69, 9.17) is 4.74 Å². The average molecular weight is 210 g/mol. The van der Waals surface area contributed by atoms with Crippen LogP contribution in [0.4, 0.5) is 0 Å². The summed E-state index contributed by atoms with van der Waals surface area (Å²) in [5, 5.41) is 0. The topological polar surface area (TPSA) is 43.4 Å². The summed E-state index contributed by atoms with van der Waals surface area (Å²) in [7, 11) is 0. The van der Waals surface area contributed by atoms with Crippen LogP contribution < -0.4 is 0 Å². The fraction of sp³-hybridized carbons (Fsp3) is 0.500. The zero-order valence-electron chi connectivity index (χ0n) is 9.63. The molecule has 0 fully saturated rings. The first kappa shape index (κ1) is 13.6. The number of esters is 1. The molecule has 0 aromatic rings. The smallest absolute Gasteiger partial charge is 0.302 e. The molecule has 0 radical (unpaired) electrons. The van der Waals surface area contributed by atoms with Crippen LogP contribution in [0.3, 0.4) is 0 Å². The molecule has 0 spiro atoms. The number of allylic oxidation sites excluding steroid dienone is 1. The Morgan fingerprint density at radius 1 is 1.20 bits per heavy atom. The van der Waals surface area contributed by atoms with Crippen molar-refractivity contribution < 1.29 is 14.3 Å². The standard InChI is InChI=1S/C12H18O3/c1-8(2)11(7-15-10(5)13)6-12(14)9(3)4/h11H,1,3,6-7H2,2,4-5H3. The first-order valence-corrected chi connectivity index (χ1v) is 4.82. The van der Waals surface area contributed by atoms with Crippen molar-refractivity contribution >= 4 is 11.8 Å². The van der Waals surface area contributed by atoms with Gasteiger partial charge in [0, 0.05) is 19.3 Å². The maximum atomic E-state index is 11.4. The molecule has 0 saturated carbocycles. The molecule has 0 aliphatic carbocycles. The summed E-state index contributed by atoms with van der Waals surface area (Å²) >= 11 is 0. The quantitative estimate of drug-likeness (QED) is 0.384. The number of ketones is 1. The fourth-order valence-electron chi connectivity index (χ4n) is 0.991. The number of ether oxygens (including phenoxy) is 1. The summed E-state index contributed by atoms with van der Waals surface area (Å²) in [6.07, 6.45) is 0.304.